The summed E-state index contributed by atoms with van der Waals surface area (Å²) in [5.74, 6) is -1.19. The van der Waals surface area contributed by atoms with Crippen molar-refractivity contribution in [2.24, 2.45) is 23.2 Å². The summed E-state index contributed by atoms with van der Waals surface area (Å²) in [4.78, 5) is 0. The Balaban J connectivity index is 1.01. The molecule has 1 aromatic carbocycles. The molecule has 0 aromatic heterocycles. The van der Waals surface area contributed by atoms with Gasteiger partial charge < -0.3 is 24.1 Å². The molecule has 6 rings (SSSR count). The highest BCUT2D eigenvalue weighted by Gasteiger charge is 2.59. The third-order valence-corrected chi connectivity index (χ3v) is 14.5. The lowest BCUT2D eigenvalue weighted by atomic mass is 9.51. The van der Waals surface area contributed by atoms with Gasteiger partial charge in [0.05, 0.1) is 18.8 Å². The van der Waals surface area contributed by atoms with Crippen molar-refractivity contribution in [3.63, 3.8) is 0 Å². The zero-order valence-electron chi connectivity index (χ0n) is 31.7. The summed E-state index contributed by atoms with van der Waals surface area (Å²) in [5, 5.41) is 12.2. The van der Waals surface area contributed by atoms with E-state index in [-0.39, 0.29) is 36.4 Å². The molecule has 1 N–H and O–H groups in total. The highest BCUT2D eigenvalue weighted by Crippen LogP contribution is 2.65. The van der Waals surface area contributed by atoms with E-state index in [0.717, 1.165) is 146 Å². The van der Waals surface area contributed by atoms with Gasteiger partial charge in [-0.05, 0) is 141 Å². The third kappa shape index (κ3) is 10.2. The molecule has 3 aliphatic carbocycles. The topological polar surface area (TPSA) is 57.2 Å². The van der Waals surface area contributed by atoms with Gasteiger partial charge in [-0.15, -0.1) is 0 Å². The lowest BCUT2D eigenvalue weighted by Crippen LogP contribution is -2.49. The van der Waals surface area contributed by atoms with Crippen LogP contribution in [0, 0.1) is 23.2 Å². The van der Waals surface area contributed by atoms with E-state index in [9.17, 15) is 27.1 Å². The summed E-state index contributed by atoms with van der Waals surface area (Å²) in [6, 6.07) is 6.43. The smallest absolute Gasteiger partial charge is 0.453 e. The number of hydrogen-bond donors (Lipinski definition) is 1. The summed E-state index contributed by atoms with van der Waals surface area (Å²) in [6.07, 6.45) is 11.9. The number of alkyl halides is 5. The van der Waals surface area contributed by atoms with Gasteiger partial charge in [0.2, 0.25) is 0 Å². The Kier molecular flexibility index (Phi) is 14.8. The van der Waals surface area contributed by atoms with Gasteiger partial charge in [-0.2, -0.15) is 33.7 Å². The fourth-order valence-corrected chi connectivity index (χ4v) is 11.4. The van der Waals surface area contributed by atoms with Gasteiger partial charge in [0.1, 0.15) is 5.75 Å². The first-order valence-electron chi connectivity index (χ1n) is 20.9. The molecule has 2 saturated heterocycles. The van der Waals surface area contributed by atoms with E-state index in [1.54, 1.807) is 0 Å². The van der Waals surface area contributed by atoms with Gasteiger partial charge >= 0.3 is 12.1 Å². The molecule has 1 aromatic rings. The van der Waals surface area contributed by atoms with Gasteiger partial charge in [0, 0.05) is 19.4 Å². The van der Waals surface area contributed by atoms with E-state index >= 15 is 0 Å². The quantitative estimate of drug-likeness (QED) is 0.118. The molecule has 11 heteroatoms. The molecule has 2 aliphatic heterocycles. The van der Waals surface area contributed by atoms with Crippen LogP contribution in [0.15, 0.2) is 18.2 Å². The summed E-state index contributed by atoms with van der Waals surface area (Å²) in [5.41, 5.74) is 2.42. The average molecular weight is 775 g/mol. The highest BCUT2D eigenvalue weighted by atomic mass is 32.2. The molecule has 5 aliphatic rings. The van der Waals surface area contributed by atoms with Crippen molar-refractivity contribution in [3.05, 3.63) is 29.3 Å². The van der Waals surface area contributed by atoms with E-state index in [2.05, 4.69) is 25.1 Å². The van der Waals surface area contributed by atoms with Gasteiger partial charge in [0.25, 0.3) is 0 Å². The summed E-state index contributed by atoms with van der Waals surface area (Å²) < 4.78 is 88.0. The van der Waals surface area contributed by atoms with Crippen molar-refractivity contribution in [2.45, 2.75) is 178 Å². The minimum Gasteiger partial charge on any atom is -0.465 e. The average Bonchev–Trinajstić information content (AvgIpc) is 3.47. The molecule has 53 heavy (non-hydrogen) atoms. The number of thioether (sulfide) groups is 1. The van der Waals surface area contributed by atoms with Crippen LogP contribution in [0.5, 0.6) is 5.75 Å². The zero-order chi connectivity index (χ0) is 37.5. The van der Waals surface area contributed by atoms with Crippen LogP contribution < -0.4 is 4.74 Å². The van der Waals surface area contributed by atoms with Crippen LogP contribution in [0.4, 0.5) is 22.0 Å². The SMILES string of the molecule is C[C@]12CC[C@@H]3c4ccc(O[C@@H]5CCCCO5)cc4[C@H](O)[C@@H](CCCCCCCCCSCCCC(F)(F)C(F)(F)F)[C@H]3[C@@H]1CC[C@@H]2O[C@H]1CCCCO1. The van der Waals surface area contributed by atoms with E-state index < -0.39 is 24.6 Å². The molecular weight excluding hydrogens is 712 g/mol. The first-order valence-corrected chi connectivity index (χ1v) is 22.0. The maximum Gasteiger partial charge on any atom is 0.453 e. The van der Waals surface area contributed by atoms with Gasteiger partial charge in [-0.3, -0.25) is 0 Å². The maximum absolute atomic E-state index is 13.1. The monoisotopic (exact) mass is 774 g/mol. The maximum atomic E-state index is 13.1. The number of unbranched alkanes of at least 4 members (excludes halogenated alkanes) is 6. The Hall–Kier alpha value is -1.14. The largest absolute Gasteiger partial charge is 0.465 e. The van der Waals surface area contributed by atoms with E-state index in [4.69, 9.17) is 18.9 Å². The number of rotatable bonds is 18. The fourth-order valence-electron chi connectivity index (χ4n) is 10.4. The van der Waals surface area contributed by atoms with Crippen LogP contribution >= 0.6 is 11.8 Å². The molecule has 2 saturated carbocycles. The first-order chi connectivity index (χ1) is 25.5. The number of aliphatic hydroxyl groups is 1. The summed E-state index contributed by atoms with van der Waals surface area (Å²) in [6.45, 7) is 3.97. The van der Waals surface area contributed by atoms with E-state index in [0.29, 0.717) is 23.5 Å². The Morgan fingerprint density at radius 2 is 1.47 bits per heavy atom. The van der Waals surface area contributed by atoms with Crippen molar-refractivity contribution in [2.75, 3.05) is 24.7 Å². The third-order valence-electron chi connectivity index (χ3n) is 13.3. The number of fused-ring (bicyclic) bond motifs is 5. The molecule has 0 amide bonds. The van der Waals surface area contributed by atoms with Crippen molar-refractivity contribution < 1.29 is 46.0 Å². The summed E-state index contributed by atoms with van der Waals surface area (Å²) in [7, 11) is 0. The van der Waals surface area contributed by atoms with Crippen LogP contribution in [0.25, 0.3) is 0 Å². The fraction of sp³-hybridized carbons (Fsp3) is 0.857. The molecule has 302 valence electrons. The Morgan fingerprint density at radius 3 is 2.17 bits per heavy atom. The minimum absolute atomic E-state index is 0.0747. The van der Waals surface area contributed by atoms with Crippen LogP contribution in [-0.2, 0) is 14.2 Å². The van der Waals surface area contributed by atoms with Crippen molar-refractivity contribution >= 4 is 11.8 Å². The molecule has 0 radical (unpaired) electrons. The zero-order valence-corrected chi connectivity index (χ0v) is 32.5. The first kappa shape index (κ1) is 41.5. The molecule has 0 bridgehead atoms. The standard InChI is InChI=1S/C42H63F5O5S/c1-40-23-21-31-30-18-17-29(51-36-15-8-10-24-49-36)28-33(30)39(48)32(38(31)34(40)19-20-35(40)52-37-16-9-11-25-50-37)14-7-5-3-2-4-6-12-26-53-27-13-22-41(43,44)42(45,46)47/h17-18,28,31-32,34-39,48H,2-16,19-27H2,1H3/t31-,32+,34+,35+,36-,37+,38+,39-,40+/m1/s1. The second-order valence-corrected chi connectivity index (χ2v) is 18.1. The lowest BCUT2D eigenvalue weighted by molar-refractivity contribution is -0.284. The highest BCUT2D eigenvalue weighted by molar-refractivity contribution is 7.99. The molecule has 0 unspecified atom stereocenters. The van der Waals surface area contributed by atoms with Crippen LogP contribution in [0.3, 0.4) is 0 Å². The number of aliphatic hydroxyl groups excluding tert-OH is 1. The molecule has 5 nitrogen and oxygen atoms in total. The van der Waals surface area contributed by atoms with E-state index in [1.807, 2.05) is 0 Å². The molecular formula is C42H63F5O5S. The Labute approximate surface area is 318 Å². The molecule has 4 fully saturated rings. The second-order valence-electron chi connectivity index (χ2n) is 16.8. The Bertz CT molecular complexity index is 1270. The van der Waals surface area contributed by atoms with Crippen LogP contribution in [-0.4, -0.2) is 60.6 Å². The van der Waals surface area contributed by atoms with E-state index in [1.165, 1.54) is 17.3 Å². The number of hydrogen-bond acceptors (Lipinski definition) is 6. The number of ether oxygens (including phenoxy) is 4. The summed E-state index contributed by atoms with van der Waals surface area (Å²) >= 11 is 1.47. The van der Waals surface area contributed by atoms with Gasteiger partial charge in [-0.1, -0.05) is 51.5 Å². The lowest BCUT2D eigenvalue weighted by Gasteiger charge is -2.55. The predicted molar refractivity (Wildman–Crippen MR) is 198 cm³/mol. The number of halogens is 5. The second kappa shape index (κ2) is 18.9. The van der Waals surface area contributed by atoms with Crippen molar-refractivity contribution in [1.82, 2.24) is 0 Å². The molecule has 0 spiro atoms. The van der Waals surface area contributed by atoms with Crippen LogP contribution in [0.2, 0.25) is 0 Å². The van der Waals surface area contributed by atoms with Crippen molar-refractivity contribution in [3.8, 4) is 5.75 Å². The van der Waals surface area contributed by atoms with Crippen LogP contribution in [0.1, 0.15) is 158 Å². The molecule has 9 atom stereocenters. The predicted octanol–water partition coefficient (Wildman–Crippen LogP) is 11.9. The normalized spacial score (nSPS) is 33.3. The Morgan fingerprint density at radius 1 is 0.792 bits per heavy atom. The number of benzene rings is 1. The van der Waals surface area contributed by atoms with Gasteiger partial charge in [0.15, 0.2) is 12.6 Å². The van der Waals surface area contributed by atoms with Crippen molar-refractivity contribution in [1.29, 1.82) is 0 Å². The minimum atomic E-state index is -5.46. The van der Waals surface area contributed by atoms with Gasteiger partial charge in [-0.25, -0.2) is 0 Å². The molecule has 2 heterocycles.